The van der Waals surface area contributed by atoms with E-state index in [1.165, 1.54) is 24.1 Å². The van der Waals surface area contributed by atoms with Crippen molar-refractivity contribution in [3.8, 4) is 0 Å². The monoisotopic (exact) mass is 278 g/mol. The van der Waals surface area contributed by atoms with Crippen LogP contribution in [0.15, 0.2) is 16.3 Å². The van der Waals surface area contributed by atoms with Crippen molar-refractivity contribution in [2.45, 2.75) is 73.1 Å². The fourth-order valence-corrected chi connectivity index (χ4v) is 2.69. The van der Waals surface area contributed by atoms with Crippen LogP contribution in [-0.4, -0.2) is 11.7 Å². The summed E-state index contributed by atoms with van der Waals surface area (Å²) in [5, 5.41) is 2.92. The Morgan fingerprint density at radius 1 is 1.50 bits per heavy atom. The molecule has 0 saturated heterocycles. The van der Waals surface area contributed by atoms with Crippen LogP contribution in [-0.2, 0) is 4.79 Å². The minimum Gasteiger partial charge on any atom is -0.314 e. The first kappa shape index (κ1) is 16.9. The first-order valence-electron chi connectivity index (χ1n) is 7.96. The van der Waals surface area contributed by atoms with Crippen LogP contribution in [0.3, 0.4) is 0 Å². The molecular weight excluding hydrogens is 248 g/mol. The number of allylic oxidation sites excluding steroid dienone is 2. The second-order valence-corrected chi connectivity index (χ2v) is 6.39. The zero-order chi connectivity index (χ0) is 15.1. The highest BCUT2D eigenvalue weighted by molar-refractivity contribution is 5.97. The molecule has 1 N–H and O–H groups in total. The number of amides is 1. The number of aliphatic imine (C=N–C) groups is 1. The van der Waals surface area contributed by atoms with Crippen molar-refractivity contribution in [1.29, 1.82) is 0 Å². The van der Waals surface area contributed by atoms with E-state index in [-0.39, 0.29) is 5.91 Å². The summed E-state index contributed by atoms with van der Waals surface area (Å²) in [4.78, 5) is 16.2. The van der Waals surface area contributed by atoms with Gasteiger partial charge in [0.2, 0.25) is 5.91 Å². The molecular formula is C17H30N2O. The normalized spacial score (nSPS) is 22.4. The number of nitrogens with one attached hydrogen (secondary N) is 1. The maximum atomic E-state index is 11.4. The number of carbonyl (C=O) groups is 1. The number of hydrogen-bond donors (Lipinski definition) is 1. The minimum absolute atomic E-state index is 0.0210. The first-order valence-corrected chi connectivity index (χ1v) is 7.96. The fraction of sp³-hybridized carbons (Fsp3) is 0.765. The third-order valence-electron chi connectivity index (χ3n) is 4.09. The summed E-state index contributed by atoms with van der Waals surface area (Å²) < 4.78 is 0. The van der Waals surface area contributed by atoms with Crippen LogP contribution in [0.4, 0.5) is 0 Å². The lowest BCUT2D eigenvalue weighted by atomic mass is 10.0. The molecule has 1 aliphatic carbocycles. The predicted octanol–water partition coefficient (Wildman–Crippen LogP) is 4.44. The van der Waals surface area contributed by atoms with E-state index in [0.29, 0.717) is 5.92 Å². The maximum Gasteiger partial charge on any atom is 0.222 e. The quantitative estimate of drug-likeness (QED) is 0.599. The van der Waals surface area contributed by atoms with E-state index >= 15 is 0 Å². The van der Waals surface area contributed by atoms with Crippen molar-refractivity contribution < 1.29 is 4.79 Å². The molecule has 0 saturated carbocycles. The summed E-state index contributed by atoms with van der Waals surface area (Å²) in [6.45, 7) is 10.4. The maximum absolute atomic E-state index is 11.4. The molecule has 2 atom stereocenters. The Balaban J connectivity index is 2.91. The highest BCUT2D eigenvalue weighted by atomic mass is 16.1. The number of hydrogen-bond acceptors (Lipinski definition) is 2. The standard InChI is InChI=1S/C17H30N2O/c1-6-12(2)11-17(18-15(5)20)19-16-9-7-8-13(3)10-14(16)4/h12-13H,6-11H2,1-5H3,(H,18,19,20). The van der Waals surface area contributed by atoms with Gasteiger partial charge in [-0.25, -0.2) is 4.99 Å². The summed E-state index contributed by atoms with van der Waals surface area (Å²) in [5.74, 6) is 2.12. The topological polar surface area (TPSA) is 41.5 Å². The van der Waals surface area contributed by atoms with Crippen LogP contribution in [0.5, 0.6) is 0 Å². The van der Waals surface area contributed by atoms with Gasteiger partial charge in [-0.05, 0) is 38.0 Å². The Hall–Kier alpha value is -1.12. The van der Waals surface area contributed by atoms with Gasteiger partial charge in [-0.15, -0.1) is 0 Å². The van der Waals surface area contributed by atoms with Gasteiger partial charge in [0, 0.05) is 19.0 Å². The lowest BCUT2D eigenvalue weighted by Gasteiger charge is -2.14. The Morgan fingerprint density at radius 2 is 2.20 bits per heavy atom. The van der Waals surface area contributed by atoms with Crippen LogP contribution >= 0.6 is 0 Å². The molecule has 2 unspecified atom stereocenters. The van der Waals surface area contributed by atoms with Gasteiger partial charge < -0.3 is 5.32 Å². The zero-order valence-electron chi connectivity index (χ0n) is 13.8. The molecule has 3 heteroatoms. The third-order valence-corrected chi connectivity index (χ3v) is 4.09. The fourth-order valence-electron chi connectivity index (χ4n) is 2.69. The van der Waals surface area contributed by atoms with Crippen LogP contribution in [0.25, 0.3) is 0 Å². The van der Waals surface area contributed by atoms with Crippen molar-refractivity contribution in [3.05, 3.63) is 11.3 Å². The van der Waals surface area contributed by atoms with Gasteiger partial charge in [-0.1, -0.05) is 39.2 Å². The highest BCUT2D eigenvalue weighted by Gasteiger charge is 2.14. The molecule has 20 heavy (non-hydrogen) atoms. The minimum atomic E-state index is -0.0210. The molecule has 0 aromatic rings. The molecule has 1 rings (SSSR count). The predicted molar refractivity (Wildman–Crippen MR) is 85.7 cm³/mol. The summed E-state index contributed by atoms with van der Waals surface area (Å²) in [6, 6.07) is 0. The summed E-state index contributed by atoms with van der Waals surface area (Å²) >= 11 is 0. The molecule has 0 aromatic heterocycles. The third kappa shape index (κ3) is 5.89. The van der Waals surface area contributed by atoms with Crippen LogP contribution < -0.4 is 5.32 Å². The smallest absolute Gasteiger partial charge is 0.222 e. The van der Waals surface area contributed by atoms with Crippen LogP contribution in [0, 0.1) is 11.8 Å². The number of amidine groups is 1. The Bertz CT molecular complexity index is 396. The van der Waals surface area contributed by atoms with E-state index in [1.54, 1.807) is 6.92 Å². The molecule has 0 aromatic carbocycles. The van der Waals surface area contributed by atoms with Crippen molar-refractivity contribution in [1.82, 2.24) is 5.32 Å². The Morgan fingerprint density at radius 3 is 2.80 bits per heavy atom. The van der Waals surface area contributed by atoms with Gasteiger partial charge in [0.15, 0.2) is 0 Å². The van der Waals surface area contributed by atoms with Crippen LogP contribution in [0.2, 0.25) is 0 Å². The van der Waals surface area contributed by atoms with Gasteiger partial charge in [0.1, 0.15) is 5.84 Å². The summed E-state index contributed by atoms with van der Waals surface area (Å²) in [6.07, 6.45) is 6.61. The van der Waals surface area contributed by atoms with E-state index in [0.717, 1.165) is 37.4 Å². The largest absolute Gasteiger partial charge is 0.314 e. The average Bonchev–Trinajstić information content (AvgIpc) is 2.50. The molecule has 0 fully saturated rings. The number of nitrogens with zero attached hydrogens (tertiary/aromatic N) is 1. The highest BCUT2D eigenvalue weighted by Crippen LogP contribution is 2.28. The van der Waals surface area contributed by atoms with Crippen LogP contribution in [0.1, 0.15) is 73.1 Å². The van der Waals surface area contributed by atoms with Crippen molar-refractivity contribution in [2.75, 3.05) is 0 Å². The van der Waals surface area contributed by atoms with Crippen molar-refractivity contribution in [2.24, 2.45) is 16.8 Å². The van der Waals surface area contributed by atoms with Gasteiger partial charge in [-0.2, -0.15) is 0 Å². The van der Waals surface area contributed by atoms with Gasteiger partial charge in [0.25, 0.3) is 0 Å². The molecule has 114 valence electrons. The average molecular weight is 278 g/mol. The SMILES string of the molecule is CCC(C)CC(=NC1=C(C)CC(C)CCC1)NC(C)=O. The zero-order valence-corrected chi connectivity index (χ0v) is 13.8. The van der Waals surface area contributed by atoms with Gasteiger partial charge in [-0.3, -0.25) is 4.79 Å². The lowest BCUT2D eigenvalue weighted by Crippen LogP contribution is -2.29. The van der Waals surface area contributed by atoms with E-state index in [2.05, 4.69) is 33.0 Å². The lowest BCUT2D eigenvalue weighted by molar-refractivity contribution is -0.117. The summed E-state index contributed by atoms with van der Waals surface area (Å²) in [7, 11) is 0. The van der Waals surface area contributed by atoms with Gasteiger partial charge in [0.05, 0.1) is 0 Å². The molecule has 0 aliphatic heterocycles. The van der Waals surface area contributed by atoms with E-state index < -0.39 is 0 Å². The van der Waals surface area contributed by atoms with E-state index in [4.69, 9.17) is 4.99 Å². The summed E-state index contributed by atoms with van der Waals surface area (Å²) in [5.41, 5.74) is 2.59. The molecule has 1 amide bonds. The van der Waals surface area contributed by atoms with Gasteiger partial charge >= 0.3 is 0 Å². The van der Waals surface area contributed by atoms with Crippen molar-refractivity contribution >= 4 is 11.7 Å². The van der Waals surface area contributed by atoms with Crippen molar-refractivity contribution in [3.63, 3.8) is 0 Å². The number of carbonyl (C=O) groups excluding carboxylic acids is 1. The molecule has 0 bridgehead atoms. The Labute approximate surface area is 123 Å². The molecule has 0 heterocycles. The second-order valence-electron chi connectivity index (χ2n) is 6.39. The molecule has 0 spiro atoms. The molecule has 0 radical (unpaired) electrons. The molecule has 1 aliphatic rings. The second kappa shape index (κ2) is 8.23. The first-order chi connectivity index (χ1) is 9.42. The number of rotatable bonds is 4. The van der Waals surface area contributed by atoms with E-state index in [1.807, 2.05) is 0 Å². The Kier molecular flexibility index (Phi) is 6.97. The van der Waals surface area contributed by atoms with E-state index in [9.17, 15) is 4.79 Å². The molecule has 3 nitrogen and oxygen atoms in total.